The number of carbonyl (C=O) groups excluding carboxylic acids is 2. The summed E-state index contributed by atoms with van der Waals surface area (Å²) in [5.41, 5.74) is 4.35. The molecule has 5 rings (SSSR count). The Morgan fingerprint density at radius 3 is 2.62 bits per heavy atom. The van der Waals surface area contributed by atoms with Crippen LogP contribution in [0, 0.1) is 0 Å². The molecule has 3 heterocycles. The zero-order valence-corrected chi connectivity index (χ0v) is 18.2. The zero-order valence-electron chi connectivity index (χ0n) is 18.2. The quantitative estimate of drug-likeness (QED) is 0.435. The number of benzene rings is 2. The molecule has 2 aromatic carbocycles. The van der Waals surface area contributed by atoms with Crippen LogP contribution < -0.4 is 10.2 Å². The highest BCUT2D eigenvalue weighted by molar-refractivity contribution is 6.05. The van der Waals surface area contributed by atoms with E-state index in [1.807, 2.05) is 54.7 Å². The molecule has 1 N–H and O–H groups in total. The van der Waals surface area contributed by atoms with E-state index in [1.54, 1.807) is 41.4 Å². The number of nitrogens with one attached hydrogen (secondary N) is 1. The second-order valence-electron chi connectivity index (χ2n) is 7.56. The van der Waals surface area contributed by atoms with Crippen LogP contribution in [-0.4, -0.2) is 39.9 Å². The molecule has 1 saturated heterocycles. The van der Waals surface area contributed by atoms with Crippen LogP contribution in [0.15, 0.2) is 91.4 Å². The summed E-state index contributed by atoms with van der Waals surface area (Å²) in [5.74, 6) is -0.329. The van der Waals surface area contributed by atoms with Crippen LogP contribution in [0.2, 0.25) is 0 Å². The maximum Gasteiger partial charge on any atom is 0.414 e. The molecule has 4 aromatic rings. The minimum absolute atomic E-state index is 0.323. The van der Waals surface area contributed by atoms with Crippen LogP contribution in [-0.2, 0) is 9.53 Å². The fraction of sp³-hybridized carbons (Fsp3) is 0.0769. The average Bonchev–Trinajstić information content (AvgIpc) is 3.50. The molecule has 0 bridgehead atoms. The second-order valence-corrected chi connectivity index (χ2v) is 7.56. The standard InChI is InChI=1S/C26H21N5O3/c32-24(28-22-10-4-5-11-23(22)30-15-16-34-26(30)33)13-12-20-18-31(21-8-2-1-3-9-21)29-25(20)19-7-6-14-27-17-19/h1-14,17-18H,15-16H2,(H,28,32)/b13-12+. The molecule has 34 heavy (non-hydrogen) atoms. The molecule has 0 spiro atoms. The third kappa shape index (κ3) is 4.42. The van der Waals surface area contributed by atoms with Crippen LogP contribution in [0.25, 0.3) is 23.0 Å². The van der Waals surface area contributed by atoms with Gasteiger partial charge >= 0.3 is 6.09 Å². The van der Waals surface area contributed by atoms with Crippen molar-refractivity contribution in [2.45, 2.75) is 0 Å². The molecule has 0 atom stereocenters. The van der Waals surface area contributed by atoms with Gasteiger partial charge in [-0.1, -0.05) is 30.3 Å². The molecule has 1 fully saturated rings. The minimum Gasteiger partial charge on any atom is -0.447 e. The van der Waals surface area contributed by atoms with E-state index in [9.17, 15) is 9.59 Å². The summed E-state index contributed by atoms with van der Waals surface area (Å²) in [7, 11) is 0. The Balaban J connectivity index is 1.42. The number of rotatable bonds is 6. The Morgan fingerprint density at radius 2 is 1.85 bits per heavy atom. The van der Waals surface area contributed by atoms with E-state index in [1.165, 1.54) is 11.0 Å². The first-order valence-corrected chi connectivity index (χ1v) is 10.8. The number of cyclic esters (lactones) is 1. The van der Waals surface area contributed by atoms with E-state index in [-0.39, 0.29) is 5.91 Å². The molecule has 0 radical (unpaired) electrons. The van der Waals surface area contributed by atoms with Crippen molar-refractivity contribution in [3.8, 4) is 16.9 Å². The molecule has 0 aliphatic carbocycles. The largest absolute Gasteiger partial charge is 0.447 e. The predicted molar refractivity (Wildman–Crippen MR) is 130 cm³/mol. The molecule has 8 nitrogen and oxygen atoms in total. The smallest absolute Gasteiger partial charge is 0.414 e. The van der Waals surface area contributed by atoms with Crippen molar-refractivity contribution in [2.24, 2.45) is 0 Å². The summed E-state index contributed by atoms with van der Waals surface area (Å²) in [6, 6.07) is 20.6. The molecule has 168 valence electrons. The van der Waals surface area contributed by atoms with Gasteiger partial charge in [0.2, 0.25) is 5.91 Å². The molecular weight excluding hydrogens is 430 g/mol. The van der Waals surface area contributed by atoms with Gasteiger partial charge in [0.05, 0.1) is 23.6 Å². The van der Waals surface area contributed by atoms with Gasteiger partial charge in [-0.2, -0.15) is 5.10 Å². The van der Waals surface area contributed by atoms with Gasteiger partial charge in [-0.3, -0.25) is 14.7 Å². The number of carbonyl (C=O) groups is 2. The van der Waals surface area contributed by atoms with E-state index in [0.29, 0.717) is 30.2 Å². The molecule has 8 heteroatoms. The summed E-state index contributed by atoms with van der Waals surface area (Å²) < 4.78 is 6.80. The molecule has 0 saturated carbocycles. The Bertz CT molecular complexity index is 1350. The first kappa shape index (κ1) is 21.1. The Labute approximate surface area is 196 Å². The number of amides is 2. The van der Waals surface area contributed by atoms with Gasteiger partial charge in [-0.25, -0.2) is 9.48 Å². The third-order valence-electron chi connectivity index (χ3n) is 5.33. The molecule has 1 aliphatic rings. The summed E-state index contributed by atoms with van der Waals surface area (Å²) in [6.45, 7) is 0.762. The number of pyridine rings is 1. The van der Waals surface area contributed by atoms with E-state index >= 15 is 0 Å². The van der Waals surface area contributed by atoms with Crippen LogP contribution in [0.4, 0.5) is 16.2 Å². The van der Waals surface area contributed by atoms with Crippen molar-refractivity contribution < 1.29 is 14.3 Å². The van der Waals surface area contributed by atoms with Gasteiger partial charge in [0.15, 0.2) is 0 Å². The monoisotopic (exact) mass is 451 g/mol. The van der Waals surface area contributed by atoms with Gasteiger partial charge in [0, 0.05) is 35.8 Å². The minimum atomic E-state index is -0.424. The Hall–Kier alpha value is -4.72. The lowest BCUT2D eigenvalue weighted by Crippen LogP contribution is -2.25. The predicted octanol–water partition coefficient (Wildman–Crippen LogP) is 4.54. The maximum atomic E-state index is 12.8. The lowest BCUT2D eigenvalue weighted by molar-refractivity contribution is -0.111. The van der Waals surface area contributed by atoms with Gasteiger partial charge in [-0.15, -0.1) is 0 Å². The van der Waals surface area contributed by atoms with Crippen molar-refractivity contribution in [3.05, 3.63) is 97.0 Å². The molecule has 2 amide bonds. The number of hydrogen-bond acceptors (Lipinski definition) is 5. The van der Waals surface area contributed by atoms with Crippen LogP contribution >= 0.6 is 0 Å². The van der Waals surface area contributed by atoms with Crippen molar-refractivity contribution in [1.29, 1.82) is 0 Å². The Kier molecular flexibility index (Phi) is 5.85. The van der Waals surface area contributed by atoms with E-state index in [0.717, 1.165) is 16.8 Å². The summed E-state index contributed by atoms with van der Waals surface area (Å²) in [4.78, 5) is 30.5. The highest BCUT2D eigenvalue weighted by atomic mass is 16.6. The number of anilines is 2. The van der Waals surface area contributed by atoms with E-state index in [2.05, 4.69) is 10.3 Å². The summed E-state index contributed by atoms with van der Waals surface area (Å²) >= 11 is 0. The summed E-state index contributed by atoms with van der Waals surface area (Å²) in [6.07, 6.45) is 8.05. The Morgan fingerprint density at radius 1 is 1.03 bits per heavy atom. The highest BCUT2D eigenvalue weighted by Crippen LogP contribution is 2.28. The van der Waals surface area contributed by atoms with Crippen LogP contribution in [0.1, 0.15) is 5.56 Å². The lowest BCUT2D eigenvalue weighted by Gasteiger charge is -2.17. The van der Waals surface area contributed by atoms with Gasteiger partial charge in [0.25, 0.3) is 0 Å². The van der Waals surface area contributed by atoms with Gasteiger partial charge < -0.3 is 10.1 Å². The van der Waals surface area contributed by atoms with E-state index in [4.69, 9.17) is 9.84 Å². The second kappa shape index (κ2) is 9.41. The number of hydrogen-bond donors (Lipinski definition) is 1. The molecular formula is C26H21N5O3. The zero-order chi connectivity index (χ0) is 23.3. The first-order chi connectivity index (χ1) is 16.7. The summed E-state index contributed by atoms with van der Waals surface area (Å²) in [5, 5.41) is 7.58. The van der Waals surface area contributed by atoms with Crippen molar-refractivity contribution >= 4 is 29.5 Å². The fourth-order valence-electron chi connectivity index (χ4n) is 3.72. The third-order valence-corrected chi connectivity index (χ3v) is 5.33. The lowest BCUT2D eigenvalue weighted by atomic mass is 10.1. The highest BCUT2D eigenvalue weighted by Gasteiger charge is 2.25. The van der Waals surface area contributed by atoms with Crippen LogP contribution in [0.5, 0.6) is 0 Å². The molecule has 0 unspecified atom stereocenters. The van der Waals surface area contributed by atoms with Crippen molar-refractivity contribution in [3.63, 3.8) is 0 Å². The van der Waals surface area contributed by atoms with E-state index < -0.39 is 6.09 Å². The van der Waals surface area contributed by atoms with Crippen molar-refractivity contribution in [1.82, 2.24) is 14.8 Å². The molecule has 2 aromatic heterocycles. The number of nitrogens with zero attached hydrogens (tertiary/aromatic N) is 4. The fourth-order valence-corrected chi connectivity index (χ4v) is 3.72. The van der Waals surface area contributed by atoms with Crippen molar-refractivity contribution in [2.75, 3.05) is 23.4 Å². The number of aromatic nitrogens is 3. The number of para-hydroxylation sites is 3. The maximum absolute atomic E-state index is 12.8. The van der Waals surface area contributed by atoms with Gasteiger partial charge in [0.1, 0.15) is 12.3 Å². The van der Waals surface area contributed by atoms with Crippen LogP contribution in [0.3, 0.4) is 0 Å². The molecule has 1 aliphatic heterocycles. The SMILES string of the molecule is O=C(/C=C/c1cn(-c2ccccc2)nc1-c1cccnc1)Nc1ccccc1N1CCOC1=O. The topological polar surface area (TPSA) is 89.3 Å². The average molecular weight is 451 g/mol. The first-order valence-electron chi connectivity index (χ1n) is 10.8. The van der Waals surface area contributed by atoms with Gasteiger partial charge in [-0.05, 0) is 42.5 Å². The normalized spacial score (nSPS) is 13.3. The number of ether oxygens (including phenoxy) is 1.